The molecule has 31 heavy (non-hydrogen) atoms. The molecule has 1 N–H and O–H groups in total. The van der Waals surface area contributed by atoms with Gasteiger partial charge in [0.05, 0.1) is 11.9 Å². The van der Waals surface area contributed by atoms with Gasteiger partial charge in [0.2, 0.25) is 0 Å². The zero-order valence-electron chi connectivity index (χ0n) is 16.8. The molecule has 0 fully saturated rings. The molecule has 4 aromatic rings. The molecule has 0 aliphatic carbocycles. The SMILES string of the molecule is O=C(NN=Cc1ccccn1)c1ccc(COc2ccccc2-c2ccccc2)cc1. The fourth-order valence-corrected chi connectivity index (χ4v) is 3.04. The summed E-state index contributed by atoms with van der Waals surface area (Å²) in [6.45, 7) is 0.406. The molecule has 0 radical (unpaired) electrons. The van der Waals surface area contributed by atoms with Crippen LogP contribution in [0.1, 0.15) is 21.6 Å². The molecule has 1 aromatic heterocycles. The van der Waals surface area contributed by atoms with Crippen LogP contribution in [-0.2, 0) is 6.61 Å². The molecule has 0 bridgehead atoms. The van der Waals surface area contributed by atoms with E-state index in [0.717, 1.165) is 22.4 Å². The van der Waals surface area contributed by atoms with Gasteiger partial charge >= 0.3 is 0 Å². The van der Waals surface area contributed by atoms with Crippen LogP contribution in [0.4, 0.5) is 0 Å². The molecular weight excluding hydrogens is 386 g/mol. The molecule has 0 aliphatic heterocycles. The Labute approximate surface area is 181 Å². The summed E-state index contributed by atoms with van der Waals surface area (Å²) in [5, 5.41) is 3.94. The standard InChI is InChI=1S/C26H21N3O2/c30-26(29-28-18-23-10-6-7-17-27-23)22-15-13-20(14-16-22)19-31-25-12-5-4-11-24(25)21-8-2-1-3-9-21/h1-18H,19H2,(H,29,30). The van der Waals surface area contributed by atoms with Gasteiger partial charge in [-0.2, -0.15) is 5.10 Å². The maximum Gasteiger partial charge on any atom is 0.271 e. The summed E-state index contributed by atoms with van der Waals surface area (Å²) >= 11 is 0. The minimum Gasteiger partial charge on any atom is -0.488 e. The molecule has 0 unspecified atom stereocenters. The summed E-state index contributed by atoms with van der Waals surface area (Å²) in [5.74, 6) is 0.536. The van der Waals surface area contributed by atoms with Crippen LogP contribution in [0, 0.1) is 0 Å². The van der Waals surface area contributed by atoms with E-state index in [2.05, 4.69) is 27.6 Å². The number of nitrogens with one attached hydrogen (secondary N) is 1. The van der Waals surface area contributed by atoms with Crippen molar-refractivity contribution in [2.75, 3.05) is 0 Å². The van der Waals surface area contributed by atoms with Crippen molar-refractivity contribution in [1.29, 1.82) is 0 Å². The second-order valence-electron chi connectivity index (χ2n) is 6.80. The molecule has 1 amide bonds. The largest absolute Gasteiger partial charge is 0.488 e. The van der Waals surface area contributed by atoms with Crippen molar-refractivity contribution in [3.8, 4) is 16.9 Å². The third-order valence-corrected chi connectivity index (χ3v) is 4.63. The van der Waals surface area contributed by atoms with Crippen molar-refractivity contribution in [2.45, 2.75) is 6.61 Å². The van der Waals surface area contributed by atoms with E-state index in [-0.39, 0.29) is 5.91 Å². The molecule has 3 aromatic carbocycles. The quantitative estimate of drug-likeness (QED) is 0.343. The monoisotopic (exact) mass is 407 g/mol. The lowest BCUT2D eigenvalue weighted by Gasteiger charge is -2.12. The minimum atomic E-state index is -0.283. The summed E-state index contributed by atoms with van der Waals surface area (Å²) in [6, 6.07) is 30.9. The molecule has 0 aliphatic rings. The predicted molar refractivity (Wildman–Crippen MR) is 122 cm³/mol. The van der Waals surface area contributed by atoms with Crippen LogP contribution >= 0.6 is 0 Å². The third kappa shape index (κ3) is 5.42. The number of nitrogens with zero attached hydrogens (tertiary/aromatic N) is 2. The average molecular weight is 407 g/mol. The Bertz CT molecular complexity index is 1160. The van der Waals surface area contributed by atoms with Gasteiger partial charge in [0, 0.05) is 17.3 Å². The molecule has 0 saturated heterocycles. The van der Waals surface area contributed by atoms with Gasteiger partial charge in [0.25, 0.3) is 5.91 Å². The Balaban J connectivity index is 1.36. The van der Waals surface area contributed by atoms with Crippen LogP contribution in [0.3, 0.4) is 0 Å². The van der Waals surface area contributed by atoms with Crippen LogP contribution < -0.4 is 10.2 Å². The number of hydrazone groups is 1. The number of carbonyl (C=O) groups excluding carboxylic acids is 1. The predicted octanol–water partition coefficient (Wildman–Crippen LogP) is 5.09. The van der Waals surface area contributed by atoms with E-state index in [1.54, 1.807) is 24.4 Å². The first-order chi connectivity index (χ1) is 15.3. The van der Waals surface area contributed by atoms with Crippen molar-refractivity contribution in [3.63, 3.8) is 0 Å². The second-order valence-corrected chi connectivity index (χ2v) is 6.80. The first-order valence-electron chi connectivity index (χ1n) is 9.90. The van der Waals surface area contributed by atoms with E-state index in [4.69, 9.17) is 4.74 Å². The Morgan fingerprint density at radius 2 is 1.61 bits per heavy atom. The van der Waals surface area contributed by atoms with Gasteiger partial charge in [-0.1, -0.05) is 66.7 Å². The number of hydrogen-bond donors (Lipinski definition) is 1. The normalized spacial score (nSPS) is 10.7. The molecule has 0 saturated carbocycles. The van der Waals surface area contributed by atoms with Crippen LogP contribution in [0.15, 0.2) is 108 Å². The first kappa shape index (κ1) is 20.0. The van der Waals surface area contributed by atoms with E-state index in [1.807, 2.05) is 66.7 Å². The summed E-state index contributed by atoms with van der Waals surface area (Å²) in [5.41, 5.74) is 6.82. The number of para-hydroxylation sites is 1. The lowest BCUT2D eigenvalue weighted by atomic mass is 10.0. The third-order valence-electron chi connectivity index (χ3n) is 4.63. The smallest absolute Gasteiger partial charge is 0.271 e. The summed E-state index contributed by atoms with van der Waals surface area (Å²) in [7, 11) is 0. The van der Waals surface area contributed by atoms with Crippen molar-refractivity contribution in [3.05, 3.63) is 120 Å². The minimum absolute atomic E-state index is 0.283. The topological polar surface area (TPSA) is 63.6 Å². The molecule has 152 valence electrons. The maximum absolute atomic E-state index is 12.3. The van der Waals surface area contributed by atoms with Crippen molar-refractivity contribution < 1.29 is 9.53 Å². The van der Waals surface area contributed by atoms with E-state index in [9.17, 15) is 4.79 Å². The van der Waals surface area contributed by atoms with Gasteiger partial charge in [-0.3, -0.25) is 9.78 Å². The van der Waals surface area contributed by atoms with Crippen LogP contribution in [0.25, 0.3) is 11.1 Å². The van der Waals surface area contributed by atoms with Crippen LogP contribution in [-0.4, -0.2) is 17.1 Å². The Kier molecular flexibility index (Phi) is 6.45. The molecule has 0 atom stereocenters. The number of rotatable bonds is 7. The number of carbonyl (C=O) groups is 1. The van der Waals surface area contributed by atoms with E-state index >= 15 is 0 Å². The summed E-state index contributed by atoms with van der Waals surface area (Å²) in [4.78, 5) is 16.4. The number of ether oxygens (including phenoxy) is 1. The second kappa shape index (κ2) is 9.98. The lowest BCUT2D eigenvalue weighted by Crippen LogP contribution is -2.17. The molecule has 5 heteroatoms. The van der Waals surface area contributed by atoms with Gasteiger partial charge in [-0.25, -0.2) is 5.43 Å². The number of hydrogen-bond acceptors (Lipinski definition) is 4. The number of pyridine rings is 1. The van der Waals surface area contributed by atoms with Gasteiger partial charge in [-0.05, 0) is 41.5 Å². The van der Waals surface area contributed by atoms with Crippen molar-refractivity contribution >= 4 is 12.1 Å². The van der Waals surface area contributed by atoms with Gasteiger partial charge in [0.15, 0.2) is 0 Å². The first-order valence-corrected chi connectivity index (χ1v) is 9.90. The van der Waals surface area contributed by atoms with Crippen molar-refractivity contribution in [1.82, 2.24) is 10.4 Å². The fourth-order valence-electron chi connectivity index (χ4n) is 3.04. The Morgan fingerprint density at radius 1 is 0.871 bits per heavy atom. The number of amides is 1. The van der Waals surface area contributed by atoms with E-state index < -0.39 is 0 Å². The lowest BCUT2D eigenvalue weighted by molar-refractivity contribution is 0.0955. The van der Waals surface area contributed by atoms with Crippen LogP contribution in [0.5, 0.6) is 5.75 Å². The highest BCUT2D eigenvalue weighted by atomic mass is 16.5. The zero-order chi connectivity index (χ0) is 21.3. The average Bonchev–Trinajstić information content (AvgIpc) is 2.84. The van der Waals surface area contributed by atoms with Crippen molar-refractivity contribution in [2.24, 2.45) is 5.10 Å². The van der Waals surface area contributed by atoms with Gasteiger partial charge < -0.3 is 4.74 Å². The Morgan fingerprint density at radius 3 is 2.39 bits per heavy atom. The Hall–Kier alpha value is -4.25. The molecule has 1 heterocycles. The summed E-state index contributed by atoms with van der Waals surface area (Å²) < 4.78 is 6.06. The molecule has 5 nitrogen and oxygen atoms in total. The number of benzene rings is 3. The highest BCUT2D eigenvalue weighted by Gasteiger charge is 2.07. The fraction of sp³-hybridized carbons (Fsp3) is 0.0385. The van der Waals surface area contributed by atoms with Gasteiger partial charge in [0.1, 0.15) is 12.4 Å². The number of aromatic nitrogens is 1. The summed E-state index contributed by atoms with van der Waals surface area (Å²) in [6.07, 6.45) is 3.17. The van der Waals surface area contributed by atoms with Crippen LogP contribution in [0.2, 0.25) is 0 Å². The molecule has 0 spiro atoms. The molecule has 4 rings (SSSR count). The highest BCUT2D eigenvalue weighted by Crippen LogP contribution is 2.30. The molecular formula is C26H21N3O2. The van der Waals surface area contributed by atoms with E-state index in [0.29, 0.717) is 17.9 Å². The maximum atomic E-state index is 12.3. The van der Waals surface area contributed by atoms with Gasteiger partial charge in [-0.15, -0.1) is 0 Å². The zero-order valence-corrected chi connectivity index (χ0v) is 16.8. The van der Waals surface area contributed by atoms with E-state index in [1.165, 1.54) is 6.21 Å². The highest BCUT2D eigenvalue weighted by molar-refractivity contribution is 5.94.